The fraction of sp³-hybridized carbons (Fsp3) is 0.360. The Labute approximate surface area is 196 Å². The molecule has 2 aliphatic heterocycles. The average molecular weight is 466 g/mol. The van der Waals surface area contributed by atoms with E-state index in [1.807, 2.05) is 42.5 Å². The van der Waals surface area contributed by atoms with E-state index in [1.54, 1.807) is 0 Å². The first kappa shape index (κ1) is 21.9. The standard InChI is InChI=1S/C25H27N3O4S/c29-23(17-9-8-15-5-1-2-6-16(15)13-17)27-14-19-22-18(10-11-26-19)21(25(30)31)24(33-22)28-20-7-3-4-12-32-20/h1-2,5-6,8-9,13,19-20,26,28H,3-4,7,10-12,14H2,(H,27,29)(H,30,31)/t19-,20?/m0/s1. The molecule has 3 heterocycles. The van der Waals surface area contributed by atoms with Crippen molar-refractivity contribution in [2.75, 3.05) is 25.0 Å². The highest BCUT2D eigenvalue weighted by Gasteiger charge is 2.31. The third-order valence-corrected chi connectivity index (χ3v) is 7.56. The summed E-state index contributed by atoms with van der Waals surface area (Å²) in [7, 11) is 0. The summed E-state index contributed by atoms with van der Waals surface area (Å²) in [4.78, 5) is 25.9. The van der Waals surface area contributed by atoms with Crippen molar-refractivity contribution in [3.05, 3.63) is 64.0 Å². The van der Waals surface area contributed by atoms with Crippen LogP contribution >= 0.6 is 11.3 Å². The van der Waals surface area contributed by atoms with Gasteiger partial charge in [-0.2, -0.15) is 0 Å². The highest BCUT2D eigenvalue weighted by molar-refractivity contribution is 7.16. The van der Waals surface area contributed by atoms with Crippen molar-refractivity contribution in [1.29, 1.82) is 0 Å². The number of fused-ring (bicyclic) bond motifs is 2. The first-order valence-electron chi connectivity index (χ1n) is 11.4. The first-order chi connectivity index (χ1) is 16.1. The van der Waals surface area contributed by atoms with Crippen LogP contribution in [-0.2, 0) is 11.2 Å². The van der Waals surface area contributed by atoms with Gasteiger partial charge in [0.25, 0.3) is 5.91 Å². The fourth-order valence-corrected chi connectivity index (χ4v) is 5.96. The van der Waals surface area contributed by atoms with Gasteiger partial charge in [-0.1, -0.05) is 30.3 Å². The van der Waals surface area contributed by atoms with Gasteiger partial charge in [0.15, 0.2) is 0 Å². The number of hydrogen-bond acceptors (Lipinski definition) is 6. The number of carbonyl (C=O) groups excluding carboxylic acids is 1. The number of amides is 1. The number of ether oxygens (including phenoxy) is 1. The topological polar surface area (TPSA) is 99.7 Å². The minimum absolute atomic E-state index is 0.135. The quantitative estimate of drug-likeness (QED) is 0.436. The van der Waals surface area contributed by atoms with Crippen molar-refractivity contribution in [2.24, 2.45) is 0 Å². The molecule has 0 aliphatic carbocycles. The van der Waals surface area contributed by atoms with Crippen LogP contribution in [0.1, 0.15) is 56.5 Å². The van der Waals surface area contributed by atoms with Crippen molar-refractivity contribution < 1.29 is 19.4 Å². The third-order valence-electron chi connectivity index (χ3n) is 6.28. The molecule has 7 nitrogen and oxygen atoms in total. The van der Waals surface area contributed by atoms with Gasteiger partial charge in [-0.05, 0) is 60.7 Å². The number of anilines is 1. The van der Waals surface area contributed by atoms with Crippen LogP contribution in [0.3, 0.4) is 0 Å². The Morgan fingerprint density at radius 3 is 2.79 bits per heavy atom. The van der Waals surface area contributed by atoms with E-state index in [1.165, 1.54) is 11.3 Å². The molecule has 3 aromatic rings. The average Bonchev–Trinajstić information content (AvgIpc) is 3.21. The molecule has 0 spiro atoms. The summed E-state index contributed by atoms with van der Waals surface area (Å²) in [6.45, 7) is 1.74. The molecule has 1 unspecified atom stereocenters. The number of carboxylic acid groups (broad SMARTS) is 1. The van der Waals surface area contributed by atoms with E-state index in [0.717, 1.165) is 40.5 Å². The molecule has 172 valence electrons. The monoisotopic (exact) mass is 465 g/mol. The Hall–Kier alpha value is -2.94. The number of hydrogen-bond donors (Lipinski definition) is 4. The normalized spacial score (nSPS) is 20.2. The Kier molecular flexibility index (Phi) is 6.30. The third kappa shape index (κ3) is 4.59. The molecule has 1 amide bonds. The molecule has 0 radical (unpaired) electrons. The second-order valence-corrected chi connectivity index (χ2v) is 9.53. The zero-order valence-corrected chi connectivity index (χ0v) is 19.0. The Morgan fingerprint density at radius 1 is 1.15 bits per heavy atom. The predicted molar refractivity (Wildman–Crippen MR) is 129 cm³/mol. The SMILES string of the molecule is O=C(NC[C@@H]1NCCc2c1sc(NC1CCCCO1)c2C(=O)O)c1ccc2ccccc2c1. The van der Waals surface area contributed by atoms with Gasteiger partial charge >= 0.3 is 5.97 Å². The van der Waals surface area contributed by atoms with Crippen molar-refractivity contribution in [1.82, 2.24) is 10.6 Å². The number of carboxylic acids is 1. The van der Waals surface area contributed by atoms with Crippen molar-refractivity contribution in [2.45, 2.75) is 38.0 Å². The Balaban J connectivity index is 1.33. The van der Waals surface area contributed by atoms with E-state index >= 15 is 0 Å². The smallest absolute Gasteiger partial charge is 0.338 e. The molecule has 0 saturated carbocycles. The highest BCUT2D eigenvalue weighted by Crippen LogP contribution is 2.40. The van der Waals surface area contributed by atoms with Gasteiger partial charge in [0.05, 0.1) is 11.6 Å². The van der Waals surface area contributed by atoms with E-state index in [4.69, 9.17) is 4.74 Å². The predicted octanol–water partition coefficient (Wildman–Crippen LogP) is 4.15. The van der Waals surface area contributed by atoms with Crippen LogP contribution in [0.4, 0.5) is 5.00 Å². The lowest BCUT2D eigenvalue weighted by atomic mass is 9.99. The van der Waals surface area contributed by atoms with Crippen molar-refractivity contribution >= 4 is 39.0 Å². The van der Waals surface area contributed by atoms with Crippen LogP contribution in [0.25, 0.3) is 10.8 Å². The number of aromatic carboxylic acids is 1. The molecule has 2 atom stereocenters. The van der Waals surface area contributed by atoms with Gasteiger partial charge < -0.3 is 25.8 Å². The van der Waals surface area contributed by atoms with Crippen molar-refractivity contribution in [3.63, 3.8) is 0 Å². The fourth-order valence-electron chi connectivity index (χ4n) is 4.60. The molecular formula is C25H27N3O4S. The molecular weight excluding hydrogens is 438 g/mol. The van der Waals surface area contributed by atoms with E-state index in [2.05, 4.69) is 16.0 Å². The maximum atomic E-state index is 12.8. The Morgan fingerprint density at radius 2 is 2.00 bits per heavy atom. The molecule has 5 rings (SSSR count). The first-order valence-corrected chi connectivity index (χ1v) is 12.2. The van der Waals surface area contributed by atoms with Crippen LogP contribution in [-0.4, -0.2) is 42.9 Å². The van der Waals surface area contributed by atoms with E-state index < -0.39 is 5.97 Å². The van der Waals surface area contributed by atoms with Crippen LogP contribution in [0.5, 0.6) is 0 Å². The molecule has 1 saturated heterocycles. The van der Waals surface area contributed by atoms with Crippen molar-refractivity contribution in [3.8, 4) is 0 Å². The maximum Gasteiger partial charge on any atom is 0.338 e. The molecule has 4 N–H and O–H groups in total. The largest absolute Gasteiger partial charge is 0.478 e. The van der Waals surface area contributed by atoms with Crippen LogP contribution in [0.15, 0.2) is 42.5 Å². The van der Waals surface area contributed by atoms with Gasteiger partial charge in [0, 0.05) is 23.6 Å². The molecule has 1 aromatic heterocycles. The van der Waals surface area contributed by atoms with Crippen LogP contribution in [0, 0.1) is 0 Å². The molecule has 2 aliphatic rings. The lowest BCUT2D eigenvalue weighted by Gasteiger charge is -2.24. The highest BCUT2D eigenvalue weighted by atomic mass is 32.1. The van der Waals surface area contributed by atoms with Gasteiger partial charge in [-0.15, -0.1) is 11.3 Å². The lowest BCUT2D eigenvalue weighted by molar-refractivity contribution is 0.0344. The molecule has 0 bridgehead atoms. The number of benzene rings is 2. The second-order valence-electron chi connectivity index (χ2n) is 8.48. The zero-order chi connectivity index (χ0) is 22.8. The van der Waals surface area contributed by atoms with Gasteiger partial charge in [0.2, 0.25) is 0 Å². The molecule has 33 heavy (non-hydrogen) atoms. The molecule has 8 heteroatoms. The summed E-state index contributed by atoms with van der Waals surface area (Å²) in [5, 5.41) is 22.5. The summed E-state index contributed by atoms with van der Waals surface area (Å²) >= 11 is 1.46. The number of carbonyl (C=O) groups is 2. The second kappa shape index (κ2) is 9.51. The summed E-state index contributed by atoms with van der Waals surface area (Å²) in [6, 6.07) is 13.5. The molecule has 2 aromatic carbocycles. The van der Waals surface area contributed by atoms with Gasteiger partial charge in [-0.25, -0.2) is 4.79 Å². The minimum Gasteiger partial charge on any atom is -0.478 e. The molecule has 1 fully saturated rings. The summed E-state index contributed by atoms with van der Waals surface area (Å²) < 4.78 is 5.76. The van der Waals surface area contributed by atoms with E-state index in [0.29, 0.717) is 42.2 Å². The van der Waals surface area contributed by atoms with Crippen LogP contribution < -0.4 is 16.0 Å². The maximum absolute atomic E-state index is 12.8. The summed E-state index contributed by atoms with van der Waals surface area (Å²) in [5.74, 6) is -1.06. The van der Waals surface area contributed by atoms with Gasteiger partial charge in [-0.3, -0.25) is 4.79 Å². The van der Waals surface area contributed by atoms with Gasteiger partial charge in [0.1, 0.15) is 11.2 Å². The number of rotatable bonds is 6. The number of nitrogens with one attached hydrogen (secondary N) is 3. The lowest BCUT2D eigenvalue weighted by Crippen LogP contribution is -2.38. The summed E-state index contributed by atoms with van der Waals surface area (Å²) in [5.41, 5.74) is 1.81. The Bertz CT molecular complexity index is 1190. The number of thiophene rings is 1. The van der Waals surface area contributed by atoms with E-state index in [-0.39, 0.29) is 18.2 Å². The minimum atomic E-state index is -0.924. The van der Waals surface area contributed by atoms with E-state index in [9.17, 15) is 14.7 Å². The summed E-state index contributed by atoms with van der Waals surface area (Å²) in [6.07, 6.45) is 3.46. The van der Waals surface area contributed by atoms with Crippen LogP contribution in [0.2, 0.25) is 0 Å². The zero-order valence-electron chi connectivity index (χ0n) is 18.2.